The summed E-state index contributed by atoms with van der Waals surface area (Å²) in [5.74, 6) is -1.53. The first kappa shape index (κ1) is 22.5. The fourth-order valence-corrected chi connectivity index (χ4v) is 2.95. The molecule has 0 bridgehead atoms. The summed E-state index contributed by atoms with van der Waals surface area (Å²) in [6.07, 6.45) is 0.564. The van der Waals surface area contributed by atoms with Crippen molar-refractivity contribution >= 4 is 17.4 Å². The van der Waals surface area contributed by atoms with E-state index in [0.29, 0.717) is 6.42 Å². The maximum atomic E-state index is 12.8. The summed E-state index contributed by atoms with van der Waals surface area (Å²) in [4.78, 5) is 24.8. The van der Waals surface area contributed by atoms with Crippen molar-refractivity contribution in [3.8, 4) is 5.75 Å². The highest BCUT2D eigenvalue weighted by atomic mass is 19.4. The molecule has 156 valence electrons. The zero-order valence-electron chi connectivity index (χ0n) is 16.2. The highest BCUT2D eigenvalue weighted by Gasteiger charge is 2.30. The number of para-hydroxylation sites is 1. The van der Waals surface area contributed by atoms with Gasteiger partial charge in [0.2, 0.25) is 0 Å². The molecule has 0 aliphatic carbocycles. The van der Waals surface area contributed by atoms with E-state index in [4.69, 9.17) is 0 Å². The summed E-state index contributed by atoms with van der Waals surface area (Å²) < 4.78 is 38.4. The Labute approximate surface area is 167 Å². The normalized spacial score (nSPS) is 11.3. The highest BCUT2D eigenvalue weighted by Crippen LogP contribution is 2.31. The summed E-state index contributed by atoms with van der Waals surface area (Å²) >= 11 is 0. The zero-order valence-corrected chi connectivity index (χ0v) is 16.2. The lowest BCUT2D eigenvalue weighted by molar-refractivity contribution is -0.137. The van der Waals surface area contributed by atoms with Crippen LogP contribution in [0.5, 0.6) is 5.75 Å². The molecule has 0 saturated carbocycles. The molecule has 0 fully saturated rings. The van der Waals surface area contributed by atoms with Gasteiger partial charge in [-0.3, -0.25) is 9.59 Å². The third kappa shape index (κ3) is 6.34. The number of benzene rings is 2. The molecule has 0 saturated heterocycles. The number of rotatable bonds is 9. The van der Waals surface area contributed by atoms with Crippen LogP contribution in [0, 0.1) is 0 Å². The SMILES string of the molecule is CCCCCCCC(=O)c1cccc(C(=O)Nc2cccc(C(F)(F)F)c2)c1O. The van der Waals surface area contributed by atoms with Crippen LogP contribution in [0.4, 0.5) is 18.9 Å². The number of phenolic OH excluding ortho intramolecular Hbond substituents is 1. The van der Waals surface area contributed by atoms with Gasteiger partial charge in [0.1, 0.15) is 5.75 Å². The number of hydrogen-bond acceptors (Lipinski definition) is 3. The highest BCUT2D eigenvalue weighted by molar-refractivity contribution is 6.09. The molecule has 2 aromatic rings. The lowest BCUT2D eigenvalue weighted by Crippen LogP contribution is -2.14. The molecule has 2 aromatic carbocycles. The number of aromatic hydroxyl groups is 1. The Kier molecular flexibility index (Phi) is 7.82. The van der Waals surface area contributed by atoms with Gasteiger partial charge in [-0.05, 0) is 36.8 Å². The fraction of sp³-hybridized carbons (Fsp3) is 0.364. The Morgan fingerprint density at radius 2 is 1.62 bits per heavy atom. The maximum Gasteiger partial charge on any atom is 0.416 e. The predicted molar refractivity (Wildman–Crippen MR) is 105 cm³/mol. The van der Waals surface area contributed by atoms with E-state index >= 15 is 0 Å². The van der Waals surface area contributed by atoms with E-state index in [9.17, 15) is 27.9 Å². The van der Waals surface area contributed by atoms with E-state index in [0.717, 1.165) is 37.8 Å². The minimum Gasteiger partial charge on any atom is -0.506 e. The molecule has 0 aromatic heterocycles. The number of halogens is 3. The van der Waals surface area contributed by atoms with Crippen molar-refractivity contribution < 1.29 is 27.9 Å². The van der Waals surface area contributed by atoms with E-state index in [-0.39, 0.29) is 29.0 Å². The van der Waals surface area contributed by atoms with E-state index in [2.05, 4.69) is 12.2 Å². The van der Waals surface area contributed by atoms with Crippen LogP contribution in [0.3, 0.4) is 0 Å². The van der Waals surface area contributed by atoms with Crippen LogP contribution >= 0.6 is 0 Å². The Morgan fingerprint density at radius 3 is 2.31 bits per heavy atom. The van der Waals surface area contributed by atoms with Gasteiger partial charge in [0.15, 0.2) is 5.78 Å². The van der Waals surface area contributed by atoms with Crippen molar-refractivity contribution in [3.63, 3.8) is 0 Å². The van der Waals surface area contributed by atoms with E-state index in [1.807, 2.05) is 0 Å². The molecular weight excluding hydrogens is 383 g/mol. The average Bonchev–Trinajstić information content (AvgIpc) is 2.67. The summed E-state index contributed by atoms with van der Waals surface area (Å²) in [7, 11) is 0. The molecule has 0 aliphatic heterocycles. The van der Waals surface area contributed by atoms with Crippen molar-refractivity contribution in [2.75, 3.05) is 5.32 Å². The number of anilines is 1. The van der Waals surface area contributed by atoms with Crippen molar-refractivity contribution in [2.24, 2.45) is 0 Å². The van der Waals surface area contributed by atoms with Gasteiger partial charge in [-0.2, -0.15) is 13.2 Å². The molecule has 0 atom stereocenters. The number of phenols is 1. The molecule has 0 heterocycles. The molecule has 4 nitrogen and oxygen atoms in total. The van der Waals surface area contributed by atoms with Gasteiger partial charge in [0.05, 0.1) is 16.7 Å². The van der Waals surface area contributed by atoms with Crippen molar-refractivity contribution in [3.05, 3.63) is 59.2 Å². The first-order valence-corrected chi connectivity index (χ1v) is 9.57. The number of carbonyl (C=O) groups is 2. The standard InChI is InChI=1S/C22H24F3NO3/c1-2-3-4-5-6-13-19(27)17-11-8-12-18(20(17)28)21(29)26-16-10-7-9-15(14-16)22(23,24)25/h7-12,14,28H,2-6,13H2,1H3,(H,26,29). The summed E-state index contributed by atoms with van der Waals surface area (Å²) in [6.45, 7) is 2.10. The number of amides is 1. The summed E-state index contributed by atoms with van der Waals surface area (Å²) in [5.41, 5.74) is -1.08. The molecule has 29 heavy (non-hydrogen) atoms. The third-order valence-electron chi connectivity index (χ3n) is 4.54. The number of unbranched alkanes of at least 4 members (excludes halogenated alkanes) is 4. The van der Waals surface area contributed by atoms with Crippen LogP contribution in [-0.2, 0) is 6.18 Å². The number of alkyl halides is 3. The molecule has 7 heteroatoms. The summed E-state index contributed by atoms with van der Waals surface area (Å²) in [5, 5.41) is 12.7. The Bertz CT molecular complexity index is 863. The van der Waals surface area contributed by atoms with E-state index < -0.39 is 23.4 Å². The van der Waals surface area contributed by atoms with Crippen LogP contribution < -0.4 is 5.32 Å². The minimum atomic E-state index is -4.54. The smallest absolute Gasteiger partial charge is 0.416 e. The molecular formula is C22H24F3NO3. The Balaban J connectivity index is 2.10. The Hall–Kier alpha value is -2.83. The zero-order chi connectivity index (χ0) is 21.4. The van der Waals surface area contributed by atoms with Crippen LogP contribution in [0.15, 0.2) is 42.5 Å². The van der Waals surface area contributed by atoms with Crippen molar-refractivity contribution in [1.82, 2.24) is 0 Å². The van der Waals surface area contributed by atoms with Gasteiger partial charge in [-0.15, -0.1) is 0 Å². The van der Waals surface area contributed by atoms with Crippen LogP contribution in [0.1, 0.15) is 71.7 Å². The molecule has 2 rings (SSSR count). The number of nitrogens with one attached hydrogen (secondary N) is 1. The predicted octanol–water partition coefficient (Wildman–Crippen LogP) is 6.21. The number of Topliss-reactive ketones (excluding diaryl/α,β-unsaturated/α-hetero) is 1. The number of carbonyl (C=O) groups excluding carboxylic acids is 2. The van der Waals surface area contributed by atoms with Crippen LogP contribution in [0.2, 0.25) is 0 Å². The second-order valence-corrected chi connectivity index (χ2v) is 6.82. The topological polar surface area (TPSA) is 66.4 Å². The molecule has 1 amide bonds. The van der Waals surface area contributed by atoms with Gasteiger partial charge in [-0.1, -0.05) is 44.7 Å². The molecule has 0 unspecified atom stereocenters. The monoisotopic (exact) mass is 407 g/mol. The number of ketones is 1. The second kappa shape index (κ2) is 10.1. The molecule has 0 spiro atoms. The third-order valence-corrected chi connectivity index (χ3v) is 4.54. The molecule has 0 aliphatic rings. The van der Waals surface area contributed by atoms with Gasteiger partial charge in [0.25, 0.3) is 5.91 Å². The van der Waals surface area contributed by atoms with Gasteiger partial charge >= 0.3 is 6.18 Å². The molecule has 0 radical (unpaired) electrons. The van der Waals surface area contributed by atoms with E-state index in [1.54, 1.807) is 0 Å². The maximum absolute atomic E-state index is 12.8. The quantitative estimate of drug-likeness (QED) is 0.384. The van der Waals surface area contributed by atoms with Crippen molar-refractivity contribution in [1.29, 1.82) is 0 Å². The summed E-state index contributed by atoms with van der Waals surface area (Å²) in [6, 6.07) is 8.41. The van der Waals surface area contributed by atoms with E-state index in [1.165, 1.54) is 30.3 Å². The second-order valence-electron chi connectivity index (χ2n) is 6.82. The van der Waals surface area contributed by atoms with Crippen LogP contribution in [-0.4, -0.2) is 16.8 Å². The first-order chi connectivity index (χ1) is 13.7. The Morgan fingerprint density at radius 1 is 0.966 bits per heavy atom. The fourth-order valence-electron chi connectivity index (χ4n) is 2.95. The average molecular weight is 407 g/mol. The first-order valence-electron chi connectivity index (χ1n) is 9.57. The molecule has 2 N–H and O–H groups in total. The van der Waals surface area contributed by atoms with Gasteiger partial charge in [-0.25, -0.2) is 0 Å². The number of hydrogen-bond donors (Lipinski definition) is 2. The lowest BCUT2D eigenvalue weighted by atomic mass is 10.00. The van der Waals surface area contributed by atoms with Crippen molar-refractivity contribution in [2.45, 2.75) is 51.6 Å². The minimum absolute atomic E-state index is 0.0391. The van der Waals surface area contributed by atoms with Gasteiger partial charge < -0.3 is 10.4 Å². The largest absolute Gasteiger partial charge is 0.506 e. The lowest BCUT2D eigenvalue weighted by Gasteiger charge is -2.12. The van der Waals surface area contributed by atoms with Crippen LogP contribution in [0.25, 0.3) is 0 Å². The van der Waals surface area contributed by atoms with Gasteiger partial charge in [0, 0.05) is 12.1 Å².